The number of nitrogens with zero attached hydrogens (tertiary/aromatic N) is 2. The highest BCUT2D eigenvalue weighted by Gasteiger charge is 2.39. The molecule has 2 aliphatic heterocycles. The van der Waals surface area contributed by atoms with Crippen molar-refractivity contribution < 1.29 is 24.3 Å². The van der Waals surface area contributed by atoms with Crippen molar-refractivity contribution in [2.75, 3.05) is 13.1 Å². The van der Waals surface area contributed by atoms with Gasteiger partial charge < -0.3 is 35.9 Å². The number of benzene rings is 1. The highest BCUT2D eigenvalue weighted by Crippen LogP contribution is 2.21. The van der Waals surface area contributed by atoms with Gasteiger partial charge in [-0.2, -0.15) is 0 Å². The molecule has 12 heteroatoms. The van der Waals surface area contributed by atoms with E-state index in [4.69, 9.17) is 0 Å². The lowest BCUT2D eigenvalue weighted by Gasteiger charge is -2.29. The smallest absolute Gasteiger partial charge is 0.326 e. The van der Waals surface area contributed by atoms with Crippen LogP contribution < -0.4 is 16.0 Å². The van der Waals surface area contributed by atoms with E-state index in [0.29, 0.717) is 31.5 Å². The standard InChI is InChI=1S/C27H33N7O5/c35-24(20-7-3-9-29-20)32-21(11-16-13-30-19-6-2-1-5-18(16)19)25(36)33-22(12-17-14-28-15-31-17)26(37)34-10-4-8-23(34)27(38)39/h1-2,5-6,13-15,20-23,29-30H,3-4,7-12H2,(H,28,31)(H,32,35)(H,33,36)(H,38,39). The first kappa shape index (κ1) is 26.4. The number of para-hydroxylation sites is 1. The van der Waals surface area contributed by atoms with E-state index >= 15 is 0 Å². The van der Waals surface area contributed by atoms with Crippen LogP contribution in [0.2, 0.25) is 0 Å². The molecule has 4 atom stereocenters. The Bertz CT molecular complexity index is 1330. The van der Waals surface area contributed by atoms with Crippen molar-refractivity contribution in [3.05, 3.63) is 54.2 Å². The highest BCUT2D eigenvalue weighted by atomic mass is 16.4. The van der Waals surface area contributed by atoms with Crippen molar-refractivity contribution >= 4 is 34.6 Å². The van der Waals surface area contributed by atoms with Crippen LogP contribution in [-0.2, 0) is 32.0 Å². The molecule has 0 saturated carbocycles. The third-order valence-electron chi connectivity index (χ3n) is 7.52. The van der Waals surface area contributed by atoms with Crippen LogP contribution in [0.1, 0.15) is 36.9 Å². The van der Waals surface area contributed by atoms with Crippen LogP contribution in [0.3, 0.4) is 0 Å². The molecule has 12 nitrogen and oxygen atoms in total. The summed E-state index contributed by atoms with van der Waals surface area (Å²) in [5.74, 6) is -2.33. The van der Waals surface area contributed by atoms with Crippen LogP contribution in [0.25, 0.3) is 10.9 Å². The predicted octanol–water partition coefficient (Wildman–Crippen LogP) is 0.473. The number of hydrogen-bond donors (Lipinski definition) is 6. The van der Waals surface area contributed by atoms with Gasteiger partial charge in [0.15, 0.2) is 0 Å². The average molecular weight is 536 g/mol. The number of aliphatic carboxylic acids is 1. The second-order valence-electron chi connectivity index (χ2n) is 10.1. The molecule has 2 saturated heterocycles. The number of carbonyl (C=O) groups excluding carboxylic acids is 3. The molecule has 4 unspecified atom stereocenters. The summed E-state index contributed by atoms with van der Waals surface area (Å²) in [6, 6.07) is 4.39. The van der Waals surface area contributed by atoms with Crippen LogP contribution in [0, 0.1) is 0 Å². The molecular formula is C27H33N7O5. The Morgan fingerprint density at radius 2 is 1.90 bits per heavy atom. The number of nitrogens with one attached hydrogen (secondary N) is 5. The molecule has 0 aliphatic carbocycles. The number of amides is 3. The van der Waals surface area contributed by atoms with E-state index < -0.39 is 35.9 Å². The number of aromatic nitrogens is 3. The van der Waals surface area contributed by atoms with E-state index in [-0.39, 0.29) is 24.8 Å². The lowest BCUT2D eigenvalue weighted by atomic mass is 10.0. The third-order valence-corrected chi connectivity index (χ3v) is 7.52. The van der Waals surface area contributed by atoms with Crippen molar-refractivity contribution in [3.8, 4) is 0 Å². The molecule has 0 spiro atoms. The number of hydrogen-bond acceptors (Lipinski definition) is 6. The number of carboxylic acids is 1. The van der Waals surface area contributed by atoms with Crippen molar-refractivity contribution in [1.29, 1.82) is 0 Å². The van der Waals surface area contributed by atoms with Crippen molar-refractivity contribution in [3.63, 3.8) is 0 Å². The summed E-state index contributed by atoms with van der Waals surface area (Å²) in [6.45, 7) is 1.03. The maximum atomic E-state index is 13.8. The molecule has 3 amide bonds. The Hall–Kier alpha value is -4.19. The Labute approximate surface area is 224 Å². The molecule has 5 rings (SSSR count). The number of likely N-dealkylation sites (tertiary alicyclic amines) is 1. The van der Waals surface area contributed by atoms with Gasteiger partial charge in [0, 0.05) is 48.4 Å². The molecule has 1 aromatic carbocycles. The Kier molecular flexibility index (Phi) is 7.92. The van der Waals surface area contributed by atoms with Gasteiger partial charge in [-0.3, -0.25) is 14.4 Å². The van der Waals surface area contributed by atoms with Gasteiger partial charge in [-0.25, -0.2) is 9.78 Å². The third kappa shape index (κ3) is 5.95. The fourth-order valence-corrected chi connectivity index (χ4v) is 5.49. The molecule has 2 aliphatic rings. The van der Waals surface area contributed by atoms with Crippen LogP contribution >= 0.6 is 0 Å². The fourth-order valence-electron chi connectivity index (χ4n) is 5.49. The molecule has 0 bridgehead atoms. The number of rotatable bonds is 10. The normalized spacial score (nSPS) is 20.6. The van der Waals surface area contributed by atoms with E-state index in [1.807, 2.05) is 30.5 Å². The highest BCUT2D eigenvalue weighted by molar-refractivity contribution is 5.95. The van der Waals surface area contributed by atoms with E-state index in [0.717, 1.165) is 29.4 Å². The molecule has 0 radical (unpaired) electrons. The summed E-state index contributed by atoms with van der Waals surface area (Å²) in [4.78, 5) is 63.6. The SMILES string of the molecule is O=C(NC(Cc1c[nH]c2ccccc12)C(=O)NC(Cc1cnc[nH]1)C(=O)N1CCCC1C(=O)O)C1CCCN1. The number of carboxylic acid groups (broad SMARTS) is 1. The van der Waals surface area contributed by atoms with Gasteiger partial charge in [-0.15, -0.1) is 0 Å². The largest absolute Gasteiger partial charge is 0.480 e. The lowest BCUT2D eigenvalue weighted by molar-refractivity contribution is -0.149. The van der Waals surface area contributed by atoms with Crippen molar-refractivity contribution in [1.82, 2.24) is 35.8 Å². The minimum absolute atomic E-state index is 0.103. The van der Waals surface area contributed by atoms with Gasteiger partial charge in [0.1, 0.15) is 18.1 Å². The monoisotopic (exact) mass is 535 g/mol. The fraction of sp³-hybridized carbons (Fsp3) is 0.444. The Morgan fingerprint density at radius 1 is 1.05 bits per heavy atom. The van der Waals surface area contributed by atoms with Crippen LogP contribution in [-0.4, -0.2) is 85.9 Å². The van der Waals surface area contributed by atoms with Crippen molar-refractivity contribution in [2.24, 2.45) is 0 Å². The summed E-state index contributed by atoms with van der Waals surface area (Å²) >= 11 is 0. The predicted molar refractivity (Wildman–Crippen MR) is 142 cm³/mol. The Balaban J connectivity index is 1.39. The lowest BCUT2D eigenvalue weighted by Crippen LogP contribution is -2.58. The minimum atomic E-state index is -1.07. The van der Waals surface area contributed by atoms with E-state index in [9.17, 15) is 24.3 Å². The zero-order valence-corrected chi connectivity index (χ0v) is 21.5. The van der Waals surface area contributed by atoms with E-state index in [2.05, 4.69) is 30.9 Å². The van der Waals surface area contributed by atoms with Crippen LogP contribution in [0.4, 0.5) is 0 Å². The van der Waals surface area contributed by atoms with Gasteiger partial charge in [0.25, 0.3) is 0 Å². The second kappa shape index (κ2) is 11.7. The first-order valence-electron chi connectivity index (χ1n) is 13.3. The topological polar surface area (TPSA) is 172 Å². The summed E-state index contributed by atoms with van der Waals surface area (Å²) in [5, 5.41) is 19.4. The molecule has 206 valence electrons. The molecule has 2 fully saturated rings. The summed E-state index contributed by atoms with van der Waals surface area (Å²) in [5.41, 5.74) is 2.39. The van der Waals surface area contributed by atoms with Crippen LogP contribution in [0.15, 0.2) is 43.0 Å². The summed E-state index contributed by atoms with van der Waals surface area (Å²) < 4.78 is 0. The first-order valence-corrected chi connectivity index (χ1v) is 13.3. The maximum Gasteiger partial charge on any atom is 0.326 e. The summed E-state index contributed by atoms with van der Waals surface area (Å²) in [6.07, 6.45) is 7.65. The number of imidazole rings is 1. The molecule has 6 N–H and O–H groups in total. The molecular weight excluding hydrogens is 502 g/mol. The second-order valence-corrected chi connectivity index (χ2v) is 10.1. The summed E-state index contributed by atoms with van der Waals surface area (Å²) in [7, 11) is 0. The molecule has 3 aromatic rings. The van der Waals surface area contributed by atoms with Crippen LogP contribution in [0.5, 0.6) is 0 Å². The zero-order valence-electron chi connectivity index (χ0n) is 21.5. The molecule has 2 aromatic heterocycles. The van der Waals surface area contributed by atoms with E-state index in [1.165, 1.54) is 11.2 Å². The quantitative estimate of drug-likeness (QED) is 0.219. The molecule has 4 heterocycles. The first-order chi connectivity index (χ1) is 18.9. The van der Waals surface area contributed by atoms with Gasteiger partial charge in [0.2, 0.25) is 17.7 Å². The number of fused-ring (bicyclic) bond motifs is 1. The zero-order chi connectivity index (χ0) is 27.4. The maximum absolute atomic E-state index is 13.8. The van der Waals surface area contributed by atoms with Gasteiger partial charge in [-0.1, -0.05) is 18.2 Å². The number of H-pyrrole nitrogens is 2. The van der Waals surface area contributed by atoms with Gasteiger partial charge >= 0.3 is 5.97 Å². The molecule has 39 heavy (non-hydrogen) atoms. The number of carbonyl (C=O) groups is 4. The van der Waals surface area contributed by atoms with Crippen molar-refractivity contribution in [2.45, 2.75) is 62.7 Å². The van der Waals surface area contributed by atoms with E-state index in [1.54, 1.807) is 6.20 Å². The number of aromatic amines is 2. The van der Waals surface area contributed by atoms with Gasteiger partial charge in [0.05, 0.1) is 12.4 Å². The average Bonchev–Trinajstić information content (AvgIpc) is 3.74. The Morgan fingerprint density at radius 3 is 2.64 bits per heavy atom. The van der Waals surface area contributed by atoms with Gasteiger partial charge in [-0.05, 0) is 43.9 Å². The minimum Gasteiger partial charge on any atom is -0.480 e.